The van der Waals surface area contributed by atoms with Crippen molar-refractivity contribution in [2.45, 2.75) is 12.8 Å². The van der Waals surface area contributed by atoms with E-state index in [2.05, 4.69) is 5.32 Å². The highest BCUT2D eigenvalue weighted by atomic mass is 16.2. The van der Waals surface area contributed by atoms with Crippen molar-refractivity contribution in [2.24, 2.45) is 11.7 Å². The summed E-state index contributed by atoms with van der Waals surface area (Å²) in [4.78, 5) is 16.0. The van der Waals surface area contributed by atoms with Crippen LogP contribution < -0.4 is 11.1 Å². The Bertz CT molecular complexity index is 292. The zero-order chi connectivity index (χ0) is 12.3. The minimum Gasteiger partial charge on any atom is -0.370 e. The van der Waals surface area contributed by atoms with Gasteiger partial charge in [0.15, 0.2) is 5.96 Å². The Balaban J connectivity index is 1.83. The van der Waals surface area contributed by atoms with E-state index in [-0.39, 0.29) is 17.8 Å². The lowest BCUT2D eigenvalue weighted by molar-refractivity contribution is -0.137. The number of nitrogens with one attached hydrogen (secondary N) is 2. The Morgan fingerprint density at radius 1 is 1.12 bits per heavy atom. The van der Waals surface area contributed by atoms with Gasteiger partial charge in [-0.3, -0.25) is 10.2 Å². The fourth-order valence-electron chi connectivity index (χ4n) is 2.51. The van der Waals surface area contributed by atoms with Gasteiger partial charge in [-0.25, -0.2) is 0 Å². The molecule has 0 unspecified atom stereocenters. The summed E-state index contributed by atoms with van der Waals surface area (Å²) in [6.07, 6.45) is 1.64. The molecule has 0 aromatic heterocycles. The molecule has 0 spiro atoms. The zero-order valence-electron chi connectivity index (χ0n) is 10.1. The second kappa shape index (κ2) is 5.35. The van der Waals surface area contributed by atoms with E-state index < -0.39 is 0 Å². The first-order valence-electron chi connectivity index (χ1n) is 6.27. The maximum atomic E-state index is 12.2. The molecular formula is C11H21N5O. The summed E-state index contributed by atoms with van der Waals surface area (Å²) in [7, 11) is 0. The van der Waals surface area contributed by atoms with Gasteiger partial charge in [0, 0.05) is 45.2 Å². The Labute approximate surface area is 102 Å². The van der Waals surface area contributed by atoms with E-state index in [1.165, 1.54) is 0 Å². The fraction of sp³-hybridized carbons (Fsp3) is 0.818. The molecule has 6 heteroatoms. The second-order valence-electron chi connectivity index (χ2n) is 4.72. The monoisotopic (exact) mass is 239 g/mol. The lowest BCUT2D eigenvalue weighted by atomic mass is 9.95. The number of rotatable bonds is 1. The van der Waals surface area contributed by atoms with Crippen LogP contribution in [0.4, 0.5) is 0 Å². The first-order valence-corrected chi connectivity index (χ1v) is 6.27. The van der Waals surface area contributed by atoms with Gasteiger partial charge in [-0.1, -0.05) is 0 Å². The van der Waals surface area contributed by atoms with Crippen molar-refractivity contribution in [3.8, 4) is 0 Å². The molecule has 0 atom stereocenters. The maximum Gasteiger partial charge on any atom is 0.225 e. The molecule has 2 rings (SSSR count). The van der Waals surface area contributed by atoms with Crippen molar-refractivity contribution >= 4 is 11.9 Å². The molecule has 0 radical (unpaired) electrons. The minimum absolute atomic E-state index is 0.123. The van der Waals surface area contributed by atoms with Crippen LogP contribution in [0.3, 0.4) is 0 Å². The molecule has 0 saturated carbocycles. The number of nitrogens with zero attached hydrogens (tertiary/aromatic N) is 2. The minimum atomic E-state index is 0.123. The third kappa shape index (κ3) is 2.88. The molecule has 2 aliphatic rings. The SMILES string of the molecule is N=C(N)N1CCC(C(=O)N2CCNCC2)CC1. The third-order valence-electron chi connectivity index (χ3n) is 3.61. The standard InChI is InChI=1S/C11H21N5O/c12-11(13)16-5-1-9(2-6-16)10(17)15-7-3-14-4-8-15/h9,14H,1-8H2,(H3,12,13). The van der Waals surface area contributed by atoms with Crippen LogP contribution in [0.25, 0.3) is 0 Å². The number of hydrogen-bond donors (Lipinski definition) is 3. The van der Waals surface area contributed by atoms with Gasteiger partial charge in [-0.05, 0) is 12.8 Å². The number of hydrogen-bond acceptors (Lipinski definition) is 3. The van der Waals surface area contributed by atoms with E-state index in [0.717, 1.165) is 52.1 Å². The van der Waals surface area contributed by atoms with Crippen LogP contribution in [0.2, 0.25) is 0 Å². The number of carbonyl (C=O) groups is 1. The Kier molecular flexibility index (Phi) is 3.83. The molecule has 1 amide bonds. The van der Waals surface area contributed by atoms with Gasteiger partial charge < -0.3 is 20.9 Å². The predicted octanol–water partition coefficient (Wildman–Crippen LogP) is -0.976. The van der Waals surface area contributed by atoms with Crippen molar-refractivity contribution in [3.63, 3.8) is 0 Å². The first kappa shape index (κ1) is 12.2. The topological polar surface area (TPSA) is 85.5 Å². The lowest BCUT2D eigenvalue weighted by Gasteiger charge is -2.35. The van der Waals surface area contributed by atoms with Crippen LogP contribution in [0.15, 0.2) is 0 Å². The van der Waals surface area contributed by atoms with Crippen molar-refractivity contribution in [1.82, 2.24) is 15.1 Å². The highest BCUT2D eigenvalue weighted by Crippen LogP contribution is 2.19. The van der Waals surface area contributed by atoms with E-state index in [4.69, 9.17) is 11.1 Å². The Morgan fingerprint density at radius 2 is 1.71 bits per heavy atom. The summed E-state index contributed by atoms with van der Waals surface area (Å²) in [5.41, 5.74) is 5.44. The predicted molar refractivity (Wildman–Crippen MR) is 65.7 cm³/mol. The second-order valence-corrected chi connectivity index (χ2v) is 4.72. The van der Waals surface area contributed by atoms with Crippen LogP contribution >= 0.6 is 0 Å². The molecule has 2 saturated heterocycles. The summed E-state index contributed by atoms with van der Waals surface area (Å²) >= 11 is 0. The molecule has 4 N–H and O–H groups in total. The van der Waals surface area contributed by atoms with E-state index in [1.807, 2.05) is 9.80 Å². The quantitative estimate of drug-likeness (QED) is 0.406. The van der Waals surface area contributed by atoms with Crippen molar-refractivity contribution in [1.29, 1.82) is 5.41 Å². The van der Waals surface area contributed by atoms with Gasteiger partial charge in [-0.15, -0.1) is 0 Å². The molecular weight excluding hydrogens is 218 g/mol. The van der Waals surface area contributed by atoms with Crippen LogP contribution in [-0.2, 0) is 4.79 Å². The summed E-state index contributed by atoms with van der Waals surface area (Å²) in [5, 5.41) is 10.6. The smallest absolute Gasteiger partial charge is 0.225 e. The summed E-state index contributed by atoms with van der Waals surface area (Å²) in [6.45, 7) is 4.92. The average Bonchev–Trinajstić information content (AvgIpc) is 2.39. The number of piperidine rings is 1. The summed E-state index contributed by atoms with van der Waals surface area (Å²) in [6, 6.07) is 0. The van der Waals surface area contributed by atoms with Gasteiger partial charge in [0.1, 0.15) is 0 Å². The largest absolute Gasteiger partial charge is 0.370 e. The molecule has 96 valence electrons. The fourth-order valence-corrected chi connectivity index (χ4v) is 2.51. The number of piperazine rings is 1. The number of guanidine groups is 1. The number of amides is 1. The molecule has 6 nitrogen and oxygen atoms in total. The molecule has 0 aromatic rings. The van der Waals surface area contributed by atoms with E-state index in [9.17, 15) is 4.79 Å². The van der Waals surface area contributed by atoms with Gasteiger partial charge in [0.2, 0.25) is 5.91 Å². The van der Waals surface area contributed by atoms with Gasteiger partial charge in [-0.2, -0.15) is 0 Å². The molecule has 0 bridgehead atoms. The number of likely N-dealkylation sites (tertiary alicyclic amines) is 1. The number of nitrogens with two attached hydrogens (primary N) is 1. The Morgan fingerprint density at radius 3 is 2.24 bits per heavy atom. The zero-order valence-corrected chi connectivity index (χ0v) is 10.1. The maximum absolute atomic E-state index is 12.2. The number of carbonyl (C=O) groups excluding carboxylic acids is 1. The van der Waals surface area contributed by atoms with E-state index in [1.54, 1.807) is 0 Å². The van der Waals surface area contributed by atoms with Crippen LogP contribution in [0, 0.1) is 11.3 Å². The molecule has 17 heavy (non-hydrogen) atoms. The molecule has 2 fully saturated rings. The van der Waals surface area contributed by atoms with E-state index >= 15 is 0 Å². The first-order chi connectivity index (χ1) is 8.18. The van der Waals surface area contributed by atoms with Crippen LogP contribution in [0.1, 0.15) is 12.8 Å². The molecule has 2 heterocycles. The molecule has 0 aromatic carbocycles. The van der Waals surface area contributed by atoms with Gasteiger partial charge >= 0.3 is 0 Å². The van der Waals surface area contributed by atoms with Crippen molar-refractivity contribution < 1.29 is 4.79 Å². The summed E-state index contributed by atoms with van der Waals surface area (Å²) in [5.74, 6) is 0.538. The average molecular weight is 239 g/mol. The highest BCUT2D eigenvalue weighted by Gasteiger charge is 2.29. The third-order valence-corrected chi connectivity index (χ3v) is 3.61. The molecule has 2 aliphatic heterocycles. The molecule has 0 aliphatic carbocycles. The van der Waals surface area contributed by atoms with Crippen molar-refractivity contribution in [2.75, 3.05) is 39.3 Å². The van der Waals surface area contributed by atoms with E-state index in [0.29, 0.717) is 0 Å². The van der Waals surface area contributed by atoms with Crippen LogP contribution in [-0.4, -0.2) is 60.9 Å². The van der Waals surface area contributed by atoms with Gasteiger partial charge in [0.05, 0.1) is 0 Å². The summed E-state index contributed by atoms with van der Waals surface area (Å²) < 4.78 is 0. The normalized spacial score (nSPS) is 22.6. The van der Waals surface area contributed by atoms with Gasteiger partial charge in [0.25, 0.3) is 0 Å². The van der Waals surface area contributed by atoms with Crippen LogP contribution in [0.5, 0.6) is 0 Å². The highest BCUT2D eigenvalue weighted by molar-refractivity contribution is 5.80. The van der Waals surface area contributed by atoms with Crippen molar-refractivity contribution in [3.05, 3.63) is 0 Å². The Hall–Kier alpha value is -1.30. The lowest BCUT2D eigenvalue weighted by Crippen LogP contribution is -2.51.